The molecule has 168 valence electrons. The Kier molecular flexibility index (Phi) is 5.39. The Bertz CT molecular complexity index is 797. The maximum absolute atomic E-state index is 12.0. The smallest absolute Gasteiger partial charge is 0.167 e. The van der Waals surface area contributed by atoms with Gasteiger partial charge in [-0.3, -0.25) is 0 Å². The minimum atomic E-state index is -0.898. The molecule has 1 heterocycles. The van der Waals surface area contributed by atoms with Gasteiger partial charge < -0.3 is 24.6 Å². The molecule has 0 saturated carbocycles. The Hall–Kier alpha value is -0.980. The molecule has 0 aromatic rings. The molecule has 4 rings (SSSR count). The van der Waals surface area contributed by atoms with E-state index in [2.05, 4.69) is 52.8 Å². The molecule has 0 spiro atoms. The quantitative estimate of drug-likeness (QED) is 0.543. The van der Waals surface area contributed by atoms with E-state index in [9.17, 15) is 10.2 Å². The van der Waals surface area contributed by atoms with Crippen molar-refractivity contribution in [2.75, 3.05) is 27.2 Å². The summed E-state index contributed by atoms with van der Waals surface area (Å²) in [5.74, 6) is 0.317. The van der Waals surface area contributed by atoms with Crippen LogP contribution in [0.1, 0.15) is 47.5 Å². The first-order chi connectivity index (χ1) is 13.9. The molecule has 1 fully saturated rings. The minimum Gasteiger partial charge on any atom is -0.385 e. The maximum Gasteiger partial charge on any atom is 0.167 e. The largest absolute Gasteiger partial charge is 0.385 e. The summed E-state index contributed by atoms with van der Waals surface area (Å²) < 4.78 is 12.2. The van der Waals surface area contributed by atoms with Crippen molar-refractivity contribution in [3.8, 4) is 0 Å². The van der Waals surface area contributed by atoms with Crippen LogP contribution in [0.5, 0.6) is 0 Å². The molecule has 0 radical (unpaired) electrons. The van der Waals surface area contributed by atoms with Gasteiger partial charge in [0.25, 0.3) is 0 Å². The number of rotatable bonds is 4. The number of aliphatic hydroxyl groups excluding tert-OH is 1. The van der Waals surface area contributed by atoms with Crippen LogP contribution in [0, 0.1) is 22.7 Å². The highest BCUT2D eigenvalue weighted by molar-refractivity contribution is 5.44. The third-order valence-electron chi connectivity index (χ3n) is 8.33. The molecule has 1 saturated heterocycles. The molecule has 0 aromatic heterocycles. The average molecular weight is 418 g/mol. The van der Waals surface area contributed by atoms with E-state index < -0.39 is 22.7 Å². The summed E-state index contributed by atoms with van der Waals surface area (Å²) in [6, 6.07) is 0. The number of aliphatic hydroxyl groups is 2. The van der Waals surface area contributed by atoms with Gasteiger partial charge in [-0.05, 0) is 40.8 Å². The first-order valence-electron chi connectivity index (χ1n) is 11.4. The summed E-state index contributed by atoms with van der Waals surface area (Å²) in [6.07, 6.45) is 7.11. The molecule has 4 aliphatic rings. The van der Waals surface area contributed by atoms with Crippen molar-refractivity contribution in [2.24, 2.45) is 22.7 Å². The Morgan fingerprint density at radius 2 is 2.00 bits per heavy atom. The Labute approximate surface area is 181 Å². The zero-order valence-corrected chi connectivity index (χ0v) is 19.6. The van der Waals surface area contributed by atoms with E-state index in [0.717, 1.165) is 12.8 Å². The Balaban J connectivity index is 1.89. The third-order valence-corrected chi connectivity index (χ3v) is 8.33. The molecule has 2 bridgehead atoms. The number of nitrogens with zero attached hydrogens (tertiary/aromatic N) is 1. The molecule has 0 amide bonds. The standard InChI is InChI=1S/C25H39NO4/c1-15-8-11-25(28)12-18-17-14-29-19(17)9-10-24(18,5)22(30-20(27)13-26(6)7)16(2)21(15)23(25,3)4/h9-10,12,16-17,19-20,22,27-28H,8,11,13-14H2,1-7H3/b18-12-/t16?,17-,19?,20+,22+,24+,25+/m0/s1. The molecule has 2 N–H and O–H groups in total. The van der Waals surface area contributed by atoms with E-state index >= 15 is 0 Å². The SMILES string of the molecule is CC1=C2C(C)[C@@H](O[C@@H](O)CN(C)C)[C@]3(C)C=CC4OC[C@H]4/C3=C/[C@](O)(CC1)C2(C)C. The van der Waals surface area contributed by atoms with Crippen LogP contribution in [0.2, 0.25) is 0 Å². The van der Waals surface area contributed by atoms with Gasteiger partial charge in [0.1, 0.15) is 0 Å². The van der Waals surface area contributed by atoms with Crippen molar-refractivity contribution in [1.29, 1.82) is 0 Å². The van der Waals surface area contributed by atoms with E-state index in [1.165, 1.54) is 16.7 Å². The van der Waals surface area contributed by atoms with Gasteiger partial charge in [0.05, 0.1) is 24.4 Å². The first-order valence-corrected chi connectivity index (χ1v) is 11.4. The monoisotopic (exact) mass is 417 g/mol. The van der Waals surface area contributed by atoms with Crippen LogP contribution in [-0.4, -0.2) is 66.5 Å². The van der Waals surface area contributed by atoms with Crippen LogP contribution >= 0.6 is 0 Å². The lowest BCUT2D eigenvalue weighted by Gasteiger charge is -2.58. The molecular formula is C25H39NO4. The van der Waals surface area contributed by atoms with Gasteiger partial charge in [0.15, 0.2) is 6.29 Å². The molecule has 2 unspecified atom stereocenters. The fourth-order valence-electron chi connectivity index (χ4n) is 6.59. The third kappa shape index (κ3) is 3.17. The van der Waals surface area contributed by atoms with Crippen LogP contribution in [0.15, 0.2) is 34.9 Å². The van der Waals surface area contributed by atoms with Crippen LogP contribution in [0.3, 0.4) is 0 Å². The van der Waals surface area contributed by atoms with E-state index in [1.807, 2.05) is 19.0 Å². The lowest BCUT2D eigenvalue weighted by molar-refractivity contribution is -0.184. The van der Waals surface area contributed by atoms with Crippen LogP contribution in [0.25, 0.3) is 0 Å². The van der Waals surface area contributed by atoms with Crippen molar-refractivity contribution in [3.63, 3.8) is 0 Å². The van der Waals surface area contributed by atoms with Crippen LogP contribution in [-0.2, 0) is 9.47 Å². The number of allylic oxidation sites excluding steroid dienone is 1. The highest BCUT2D eigenvalue weighted by Gasteiger charge is 2.58. The topological polar surface area (TPSA) is 62.2 Å². The van der Waals surface area contributed by atoms with E-state index in [1.54, 1.807) is 0 Å². The fraction of sp³-hybridized carbons (Fsp3) is 0.760. The molecule has 1 aliphatic heterocycles. The number of ether oxygens (including phenoxy) is 2. The van der Waals surface area contributed by atoms with Gasteiger partial charge in [-0.25, -0.2) is 0 Å². The first kappa shape index (κ1) is 22.2. The number of hydrogen-bond acceptors (Lipinski definition) is 5. The lowest BCUT2D eigenvalue weighted by atomic mass is 9.52. The van der Waals surface area contributed by atoms with Gasteiger partial charge in [0, 0.05) is 29.2 Å². The zero-order valence-electron chi connectivity index (χ0n) is 19.6. The van der Waals surface area contributed by atoms with Crippen molar-refractivity contribution >= 4 is 0 Å². The fourth-order valence-corrected chi connectivity index (χ4v) is 6.59. The van der Waals surface area contributed by atoms with E-state index in [4.69, 9.17) is 9.47 Å². The highest BCUT2D eigenvalue weighted by Crippen LogP contribution is 2.59. The molecule has 7 atom stereocenters. The van der Waals surface area contributed by atoms with Crippen molar-refractivity contribution < 1.29 is 19.7 Å². The summed E-state index contributed by atoms with van der Waals surface area (Å²) in [5.41, 5.74) is 2.12. The highest BCUT2D eigenvalue weighted by atomic mass is 16.6. The van der Waals surface area contributed by atoms with Gasteiger partial charge in [-0.2, -0.15) is 0 Å². The summed E-state index contributed by atoms with van der Waals surface area (Å²) in [5, 5.41) is 22.7. The normalized spacial score (nSPS) is 44.9. The Morgan fingerprint density at radius 1 is 1.30 bits per heavy atom. The molecule has 0 aromatic carbocycles. The summed E-state index contributed by atoms with van der Waals surface area (Å²) in [6.45, 7) is 12.1. The molecule has 30 heavy (non-hydrogen) atoms. The molecular weight excluding hydrogens is 378 g/mol. The van der Waals surface area contributed by atoms with Crippen molar-refractivity contribution in [2.45, 2.75) is 71.6 Å². The van der Waals surface area contributed by atoms with Crippen LogP contribution in [0.4, 0.5) is 0 Å². The van der Waals surface area contributed by atoms with Gasteiger partial charge in [-0.1, -0.05) is 55.7 Å². The van der Waals surface area contributed by atoms with E-state index in [0.29, 0.717) is 13.2 Å². The predicted molar refractivity (Wildman–Crippen MR) is 118 cm³/mol. The summed E-state index contributed by atoms with van der Waals surface area (Å²) >= 11 is 0. The summed E-state index contributed by atoms with van der Waals surface area (Å²) in [4.78, 5) is 1.94. The van der Waals surface area contributed by atoms with Crippen LogP contribution < -0.4 is 0 Å². The predicted octanol–water partition coefficient (Wildman–Crippen LogP) is 3.29. The number of likely N-dealkylation sites (N-methyl/N-ethyl adjacent to an activating group) is 1. The minimum absolute atomic E-state index is 0.0551. The molecule has 5 heteroatoms. The second-order valence-electron chi connectivity index (χ2n) is 11.0. The Morgan fingerprint density at radius 3 is 2.60 bits per heavy atom. The summed E-state index contributed by atoms with van der Waals surface area (Å²) in [7, 11) is 3.88. The molecule has 3 aliphatic carbocycles. The second-order valence-corrected chi connectivity index (χ2v) is 11.0. The zero-order chi connectivity index (χ0) is 22.1. The molecule has 5 nitrogen and oxygen atoms in total. The van der Waals surface area contributed by atoms with Gasteiger partial charge in [-0.15, -0.1) is 0 Å². The van der Waals surface area contributed by atoms with Gasteiger partial charge >= 0.3 is 0 Å². The van der Waals surface area contributed by atoms with E-state index in [-0.39, 0.29) is 24.0 Å². The van der Waals surface area contributed by atoms with Gasteiger partial charge in [0.2, 0.25) is 0 Å². The lowest BCUT2D eigenvalue weighted by Crippen LogP contribution is -2.58. The maximum atomic E-state index is 12.0. The second kappa shape index (κ2) is 7.28. The van der Waals surface area contributed by atoms with Crippen molar-refractivity contribution in [1.82, 2.24) is 4.90 Å². The number of fused-ring (bicyclic) bond motifs is 5. The number of hydrogen-bond donors (Lipinski definition) is 2. The van der Waals surface area contributed by atoms with Crippen molar-refractivity contribution in [3.05, 3.63) is 34.9 Å². The average Bonchev–Trinajstić information content (AvgIpc) is 2.59.